The fraction of sp³-hybridized carbons (Fsp3) is 0.467. The summed E-state index contributed by atoms with van der Waals surface area (Å²) < 4.78 is 6.61. The van der Waals surface area contributed by atoms with Crippen LogP contribution in [0.3, 0.4) is 0 Å². The third kappa shape index (κ3) is 3.17. The lowest BCUT2D eigenvalue weighted by Crippen LogP contribution is -2.36. The van der Waals surface area contributed by atoms with Crippen molar-refractivity contribution < 1.29 is 4.52 Å². The summed E-state index contributed by atoms with van der Waals surface area (Å²) in [5.41, 5.74) is -0.108. The highest BCUT2D eigenvalue weighted by Crippen LogP contribution is 2.34. The molecule has 1 N–H and O–H groups in total. The number of halogens is 1. The van der Waals surface area contributed by atoms with E-state index in [9.17, 15) is 0 Å². The van der Waals surface area contributed by atoms with Gasteiger partial charge in [-0.15, -0.1) is 11.8 Å². The van der Waals surface area contributed by atoms with Crippen LogP contribution in [-0.4, -0.2) is 16.7 Å². The van der Waals surface area contributed by atoms with Crippen molar-refractivity contribution in [3.8, 4) is 0 Å². The van der Waals surface area contributed by atoms with Crippen LogP contribution in [0.1, 0.15) is 37.9 Å². The summed E-state index contributed by atoms with van der Waals surface area (Å²) in [7, 11) is 0. The first-order valence-electron chi connectivity index (χ1n) is 7.19. The Morgan fingerprint density at radius 2 is 2.29 bits per heavy atom. The quantitative estimate of drug-likeness (QED) is 0.805. The molecule has 2 heterocycles. The molecule has 0 bridgehead atoms. The number of rotatable bonds is 5. The van der Waals surface area contributed by atoms with Crippen molar-refractivity contribution in [3.63, 3.8) is 0 Å². The second-order valence-corrected chi connectivity index (χ2v) is 7.07. The van der Waals surface area contributed by atoms with Gasteiger partial charge in [0, 0.05) is 9.37 Å². The van der Waals surface area contributed by atoms with Crippen LogP contribution in [0.5, 0.6) is 0 Å². The van der Waals surface area contributed by atoms with Gasteiger partial charge in [0.15, 0.2) is 5.82 Å². The van der Waals surface area contributed by atoms with E-state index in [1.807, 2.05) is 18.2 Å². The summed E-state index contributed by atoms with van der Waals surface area (Å²) in [5, 5.41) is 7.66. The molecule has 1 fully saturated rings. The Morgan fingerprint density at radius 1 is 1.43 bits per heavy atom. The van der Waals surface area contributed by atoms with Gasteiger partial charge in [0.25, 0.3) is 0 Å². The smallest absolute Gasteiger partial charge is 0.246 e. The number of benzene rings is 1. The van der Waals surface area contributed by atoms with Crippen LogP contribution >= 0.6 is 27.7 Å². The van der Waals surface area contributed by atoms with Crippen molar-refractivity contribution in [1.29, 1.82) is 0 Å². The molecular formula is C15H18BrN3OS. The van der Waals surface area contributed by atoms with Crippen LogP contribution < -0.4 is 5.32 Å². The highest BCUT2D eigenvalue weighted by Gasteiger charge is 2.38. The summed E-state index contributed by atoms with van der Waals surface area (Å²) in [5.74, 6) is 2.21. The van der Waals surface area contributed by atoms with Crippen LogP contribution in [0.15, 0.2) is 38.2 Å². The highest BCUT2D eigenvalue weighted by atomic mass is 79.9. The van der Waals surface area contributed by atoms with E-state index in [1.54, 1.807) is 11.8 Å². The van der Waals surface area contributed by atoms with Crippen LogP contribution in [0, 0.1) is 0 Å². The van der Waals surface area contributed by atoms with E-state index in [0.717, 1.165) is 42.0 Å². The molecule has 0 radical (unpaired) electrons. The van der Waals surface area contributed by atoms with Gasteiger partial charge in [-0.3, -0.25) is 0 Å². The molecule has 0 saturated carbocycles. The number of nitrogens with one attached hydrogen (secondary N) is 1. The first kappa shape index (κ1) is 15.1. The molecule has 4 nitrogen and oxygen atoms in total. The molecule has 6 heteroatoms. The van der Waals surface area contributed by atoms with Crippen LogP contribution in [-0.2, 0) is 11.3 Å². The van der Waals surface area contributed by atoms with Gasteiger partial charge in [-0.25, -0.2) is 0 Å². The summed E-state index contributed by atoms with van der Waals surface area (Å²) in [6.45, 7) is 3.19. The Bertz CT molecular complexity index is 610. The van der Waals surface area contributed by atoms with Gasteiger partial charge in [-0.1, -0.05) is 24.2 Å². The summed E-state index contributed by atoms with van der Waals surface area (Å²) in [4.78, 5) is 5.79. The predicted octanol–water partition coefficient (Wildman–Crippen LogP) is 4.11. The minimum absolute atomic E-state index is 0.108. The van der Waals surface area contributed by atoms with Crippen LogP contribution in [0.2, 0.25) is 0 Å². The number of aromatic nitrogens is 2. The standard InChI is InChI=1S/C15H18BrN3OS/c1-2-15(8-5-9-17-15)14-18-13(19-20-14)10-21-12-7-4-3-6-11(12)16/h3-4,6-7,17H,2,5,8-10H2,1H3. The van der Waals surface area contributed by atoms with E-state index in [4.69, 9.17) is 4.52 Å². The second kappa shape index (κ2) is 6.50. The maximum absolute atomic E-state index is 5.51. The molecule has 1 unspecified atom stereocenters. The molecule has 0 amide bonds. The van der Waals surface area contributed by atoms with Crippen molar-refractivity contribution in [3.05, 3.63) is 40.5 Å². The van der Waals surface area contributed by atoms with Crippen molar-refractivity contribution in [2.75, 3.05) is 6.54 Å². The van der Waals surface area contributed by atoms with Gasteiger partial charge < -0.3 is 9.84 Å². The Morgan fingerprint density at radius 3 is 3.00 bits per heavy atom. The number of nitrogens with zero attached hydrogens (tertiary/aromatic N) is 2. The van der Waals surface area contributed by atoms with E-state index < -0.39 is 0 Å². The molecule has 0 aliphatic carbocycles. The zero-order valence-corrected chi connectivity index (χ0v) is 14.3. The van der Waals surface area contributed by atoms with Crippen LogP contribution in [0.4, 0.5) is 0 Å². The fourth-order valence-electron chi connectivity index (χ4n) is 2.65. The molecule has 3 rings (SSSR count). The fourth-order valence-corrected chi connectivity index (χ4v) is 4.06. The van der Waals surface area contributed by atoms with Gasteiger partial charge in [-0.2, -0.15) is 4.98 Å². The lowest BCUT2D eigenvalue weighted by atomic mass is 9.94. The number of thioether (sulfide) groups is 1. The third-order valence-electron chi connectivity index (χ3n) is 3.92. The summed E-state index contributed by atoms with van der Waals surface area (Å²) in [6.07, 6.45) is 3.21. The minimum atomic E-state index is -0.108. The van der Waals surface area contributed by atoms with Crippen molar-refractivity contribution >= 4 is 27.7 Å². The Kier molecular flexibility index (Phi) is 4.66. The molecule has 112 valence electrons. The van der Waals surface area contributed by atoms with E-state index >= 15 is 0 Å². The first-order valence-corrected chi connectivity index (χ1v) is 8.97. The molecule has 0 spiro atoms. The van der Waals surface area contributed by atoms with Gasteiger partial charge in [0.2, 0.25) is 5.89 Å². The van der Waals surface area contributed by atoms with E-state index in [2.05, 4.69) is 44.4 Å². The molecule has 1 atom stereocenters. The van der Waals surface area contributed by atoms with Gasteiger partial charge >= 0.3 is 0 Å². The SMILES string of the molecule is CCC1(c2nc(CSc3ccccc3Br)no2)CCCN1. The average Bonchev–Trinajstić information content (AvgIpc) is 3.16. The van der Waals surface area contributed by atoms with Gasteiger partial charge in [0.05, 0.1) is 11.3 Å². The van der Waals surface area contributed by atoms with E-state index in [-0.39, 0.29) is 5.54 Å². The Balaban J connectivity index is 1.69. The zero-order valence-electron chi connectivity index (χ0n) is 11.9. The molecule has 1 aliphatic rings. The maximum atomic E-state index is 5.51. The van der Waals surface area contributed by atoms with E-state index in [1.165, 1.54) is 4.90 Å². The molecule has 1 saturated heterocycles. The molecule has 1 aromatic heterocycles. The molecule has 1 aliphatic heterocycles. The molecule has 21 heavy (non-hydrogen) atoms. The zero-order chi connectivity index (χ0) is 14.7. The number of hydrogen-bond acceptors (Lipinski definition) is 5. The highest BCUT2D eigenvalue weighted by molar-refractivity contribution is 9.10. The lowest BCUT2D eigenvalue weighted by molar-refractivity contribution is 0.249. The summed E-state index contributed by atoms with van der Waals surface area (Å²) >= 11 is 5.26. The van der Waals surface area contributed by atoms with Gasteiger partial charge in [0.1, 0.15) is 0 Å². The van der Waals surface area contributed by atoms with Gasteiger partial charge in [-0.05, 0) is 53.9 Å². The third-order valence-corrected chi connectivity index (χ3v) is 5.94. The van der Waals surface area contributed by atoms with Crippen LogP contribution in [0.25, 0.3) is 0 Å². The van der Waals surface area contributed by atoms with E-state index in [0.29, 0.717) is 5.75 Å². The summed E-state index contributed by atoms with van der Waals surface area (Å²) in [6, 6.07) is 8.17. The van der Waals surface area contributed by atoms with Crippen molar-refractivity contribution in [2.45, 2.75) is 42.4 Å². The largest absolute Gasteiger partial charge is 0.337 e. The predicted molar refractivity (Wildman–Crippen MR) is 87.2 cm³/mol. The average molecular weight is 368 g/mol. The lowest BCUT2D eigenvalue weighted by Gasteiger charge is -2.22. The first-order chi connectivity index (χ1) is 10.2. The normalized spacial score (nSPS) is 21.8. The Hall–Kier alpha value is -0.850. The molecular weight excluding hydrogens is 350 g/mol. The topological polar surface area (TPSA) is 51.0 Å². The molecule has 2 aromatic rings. The number of hydrogen-bond donors (Lipinski definition) is 1. The van der Waals surface area contributed by atoms with Crippen molar-refractivity contribution in [2.24, 2.45) is 0 Å². The second-order valence-electron chi connectivity index (χ2n) is 5.20. The maximum Gasteiger partial charge on any atom is 0.246 e. The minimum Gasteiger partial charge on any atom is -0.337 e. The Labute approximate surface area is 137 Å². The molecule has 1 aromatic carbocycles. The monoisotopic (exact) mass is 367 g/mol. The van der Waals surface area contributed by atoms with Crippen molar-refractivity contribution in [1.82, 2.24) is 15.5 Å².